The van der Waals surface area contributed by atoms with Crippen molar-refractivity contribution in [1.29, 1.82) is 0 Å². The molecule has 14 heteroatoms. The van der Waals surface area contributed by atoms with Gasteiger partial charge in [0, 0.05) is 44.8 Å². The highest BCUT2D eigenvalue weighted by Crippen LogP contribution is 2.31. The number of urea groups is 1. The Labute approximate surface area is 192 Å². The molecule has 1 atom stereocenters. The number of benzene rings is 1. The summed E-state index contributed by atoms with van der Waals surface area (Å²) in [6, 6.07) is 3.11. The van der Waals surface area contributed by atoms with Crippen LogP contribution in [0.2, 0.25) is 0 Å². The average Bonchev–Trinajstić information content (AvgIpc) is 3.35. The number of amides is 4. The maximum absolute atomic E-state index is 15.0. The molecule has 1 aromatic heterocycles. The Morgan fingerprint density at radius 1 is 1.24 bits per heavy atom. The van der Waals surface area contributed by atoms with Crippen LogP contribution in [0, 0.1) is 11.6 Å². The number of nitrogens with zero attached hydrogens (tertiary/aromatic N) is 4. The van der Waals surface area contributed by atoms with Crippen molar-refractivity contribution >= 4 is 35.2 Å². The smallest absolute Gasteiger partial charge is 0.414 e. The minimum Gasteiger partial charge on any atom is -0.442 e. The second-order valence-corrected chi connectivity index (χ2v) is 7.67. The van der Waals surface area contributed by atoms with E-state index in [1.807, 2.05) is 0 Å². The summed E-state index contributed by atoms with van der Waals surface area (Å²) in [5.41, 5.74) is 2.65. The Morgan fingerprint density at radius 2 is 2.00 bits per heavy atom. The molecule has 12 nitrogen and oxygen atoms in total. The van der Waals surface area contributed by atoms with Crippen LogP contribution in [0.15, 0.2) is 29.0 Å². The van der Waals surface area contributed by atoms with E-state index in [1.54, 1.807) is 0 Å². The van der Waals surface area contributed by atoms with Gasteiger partial charge < -0.3 is 19.5 Å². The van der Waals surface area contributed by atoms with Crippen molar-refractivity contribution in [2.75, 3.05) is 54.4 Å². The summed E-state index contributed by atoms with van der Waals surface area (Å²) in [7, 11) is 0. The van der Waals surface area contributed by atoms with E-state index >= 15 is 8.78 Å². The Bertz CT molecular complexity index is 1040. The summed E-state index contributed by atoms with van der Waals surface area (Å²) in [5, 5.41) is 9.97. The first-order chi connectivity index (χ1) is 16.3. The molecule has 3 N–H and O–H groups in total. The zero-order valence-corrected chi connectivity index (χ0v) is 18.2. The molecule has 1 aromatic carbocycles. The minimum atomic E-state index is -0.853. The molecule has 3 heterocycles. The molecule has 2 fully saturated rings. The van der Waals surface area contributed by atoms with Gasteiger partial charge >= 0.3 is 12.1 Å². The Kier molecular flexibility index (Phi) is 6.77. The van der Waals surface area contributed by atoms with Gasteiger partial charge in [0.15, 0.2) is 17.5 Å². The quantitative estimate of drug-likeness (QED) is 0.584. The van der Waals surface area contributed by atoms with Gasteiger partial charge in [0.1, 0.15) is 18.1 Å². The lowest BCUT2D eigenvalue weighted by Gasteiger charge is -2.25. The normalized spacial score (nSPS) is 18.5. The van der Waals surface area contributed by atoms with Gasteiger partial charge in [-0.15, -0.1) is 0 Å². The summed E-state index contributed by atoms with van der Waals surface area (Å²) >= 11 is 0. The van der Waals surface area contributed by atoms with E-state index in [0.717, 1.165) is 17.0 Å². The molecular weight excluding hydrogens is 456 g/mol. The summed E-state index contributed by atoms with van der Waals surface area (Å²) in [6.07, 6.45) is -0.0733. The standard InChI is InChI=1S/C20H23F2N7O5/c1-12(30)23-10-14-11-28(20(32)34-14)13-8-15(21)18(16(22)9-13)27-4-3-24-29(6-5-27)19(31)25-17-2-7-33-26-17/h2,7-9,14,24H,3-6,10-11H2,1H3,(H,23,30)(H,25,26,31)/t14-/m0/s1. The van der Waals surface area contributed by atoms with Crippen molar-refractivity contribution in [3.63, 3.8) is 0 Å². The van der Waals surface area contributed by atoms with Crippen LogP contribution in [0.4, 0.5) is 35.6 Å². The molecule has 0 radical (unpaired) electrons. The molecular formula is C20H23F2N7O5. The van der Waals surface area contributed by atoms with Crippen molar-refractivity contribution in [1.82, 2.24) is 20.9 Å². The minimum absolute atomic E-state index is 0.00985. The molecule has 2 aliphatic heterocycles. The number of nitrogens with one attached hydrogen (secondary N) is 3. The molecule has 34 heavy (non-hydrogen) atoms. The topological polar surface area (TPSA) is 132 Å². The Hall–Kier alpha value is -3.94. The van der Waals surface area contributed by atoms with E-state index in [4.69, 9.17) is 4.74 Å². The Balaban J connectivity index is 1.42. The lowest BCUT2D eigenvalue weighted by molar-refractivity contribution is -0.119. The third kappa shape index (κ3) is 5.17. The third-order valence-corrected chi connectivity index (χ3v) is 5.28. The van der Waals surface area contributed by atoms with Gasteiger partial charge in [-0.05, 0) is 0 Å². The molecule has 0 unspecified atom stereocenters. The van der Waals surface area contributed by atoms with Gasteiger partial charge in [-0.1, -0.05) is 5.16 Å². The second kappa shape index (κ2) is 9.91. The molecule has 2 saturated heterocycles. The van der Waals surface area contributed by atoms with E-state index in [0.29, 0.717) is 0 Å². The molecule has 2 aromatic rings. The average molecular weight is 479 g/mol. The number of hydrogen-bond donors (Lipinski definition) is 3. The van der Waals surface area contributed by atoms with Crippen LogP contribution in [-0.2, 0) is 9.53 Å². The highest BCUT2D eigenvalue weighted by atomic mass is 19.1. The number of carbonyl (C=O) groups excluding carboxylic acids is 3. The SMILES string of the molecule is CC(=O)NC[C@H]1CN(c2cc(F)c(N3CCNN(C(=O)Nc4ccon4)CC3)c(F)c2)C(=O)O1. The van der Waals surface area contributed by atoms with Crippen molar-refractivity contribution in [2.24, 2.45) is 0 Å². The van der Waals surface area contributed by atoms with Gasteiger partial charge in [-0.25, -0.2) is 23.8 Å². The first-order valence-corrected chi connectivity index (χ1v) is 10.5. The van der Waals surface area contributed by atoms with Gasteiger partial charge in [0.2, 0.25) is 5.91 Å². The lowest BCUT2D eigenvalue weighted by Crippen LogP contribution is -2.46. The number of hydrazine groups is 1. The third-order valence-electron chi connectivity index (χ3n) is 5.28. The summed E-state index contributed by atoms with van der Waals surface area (Å²) in [4.78, 5) is 38.2. The number of ether oxygens (including phenoxy) is 1. The number of carbonyl (C=O) groups is 3. The number of halogens is 2. The number of cyclic esters (lactones) is 1. The van der Waals surface area contributed by atoms with E-state index in [1.165, 1.54) is 29.2 Å². The molecule has 0 bridgehead atoms. The summed E-state index contributed by atoms with van der Waals surface area (Å²) in [6.45, 7) is 2.23. The van der Waals surface area contributed by atoms with E-state index in [-0.39, 0.29) is 62.4 Å². The lowest BCUT2D eigenvalue weighted by atomic mass is 10.2. The maximum atomic E-state index is 15.0. The van der Waals surface area contributed by atoms with Crippen LogP contribution < -0.4 is 25.9 Å². The predicted octanol–water partition coefficient (Wildman–Crippen LogP) is 1.27. The van der Waals surface area contributed by atoms with Crippen molar-refractivity contribution < 1.29 is 32.4 Å². The van der Waals surface area contributed by atoms with Crippen LogP contribution in [0.3, 0.4) is 0 Å². The molecule has 4 amide bonds. The van der Waals surface area contributed by atoms with Crippen LogP contribution in [0.1, 0.15) is 6.92 Å². The van der Waals surface area contributed by atoms with Crippen molar-refractivity contribution in [3.05, 3.63) is 36.1 Å². The number of rotatable bonds is 5. The highest BCUT2D eigenvalue weighted by Gasteiger charge is 2.34. The van der Waals surface area contributed by atoms with E-state index in [2.05, 4.69) is 25.7 Å². The van der Waals surface area contributed by atoms with Crippen LogP contribution in [0.25, 0.3) is 0 Å². The first kappa shape index (κ1) is 23.2. The second-order valence-electron chi connectivity index (χ2n) is 7.67. The fourth-order valence-electron chi connectivity index (χ4n) is 3.69. The highest BCUT2D eigenvalue weighted by molar-refractivity contribution is 5.90. The van der Waals surface area contributed by atoms with Gasteiger partial charge in [0.05, 0.1) is 25.3 Å². The fraction of sp³-hybridized carbons (Fsp3) is 0.400. The van der Waals surface area contributed by atoms with Crippen molar-refractivity contribution in [3.8, 4) is 0 Å². The number of anilines is 3. The van der Waals surface area contributed by atoms with Crippen LogP contribution in [-0.4, -0.2) is 73.6 Å². The summed E-state index contributed by atoms with van der Waals surface area (Å²) < 4.78 is 39.8. The largest absolute Gasteiger partial charge is 0.442 e. The van der Waals surface area contributed by atoms with Gasteiger partial charge in [0.25, 0.3) is 0 Å². The zero-order valence-electron chi connectivity index (χ0n) is 18.2. The van der Waals surface area contributed by atoms with Crippen LogP contribution >= 0.6 is 0 Å². The Morgan fingerprint density at radius 3 is 2.68 bits per heavy atom. The van der Waals surface area contributed by atoms with Crippen LogP contribution in [0.5, 0.6) is 0 Å². The molecule has 0 spiro atoms. The van der Waals surface area contributed by atoms with Crippen molar-refractivity contribution in [2.45, 2.75) is 13.0 Å². The van der Waals surface area contributed by atoms with Gasteiger partial charge in [-0.2, -0.15) is 0 Å². The fourth-order valence-corrected chi connectivity index (χ4v) is 3.69. The molecule has 182 valence electrons. The van der Waals surface area contributed by atoms with E-state index < -0.39 is 29.9 Å². The molecule has 2 aliphatic rings. The predicted molar refractivity (Wildman–Crippen MR) is 115 cm³/mol. The summed E-state index contributed by atoms with van der Waals surface area (Å²) in [5.74, 6) is -1.75. The molecule has 0 aliphatic carbocycles. The molecule has 0 saturated carbocycles. The number of hydrogen-bond acceptors (Lipinski definition) is 8. The maximum Gasteiger partial charge on any atom is 0.414 e. The first-order valence-electron chi connectivity index (χ1n) is 10.5. The van der Waals surface area contributed by atoms with E-state index in [9.17, 15) is 14.4 Å². The van der Waals surface area contributed by atoms with Gasteiger partial charge in [-0.3, -0.25) is 20.0 Å². The number of aromatic nitrogens is 1. The molecule has 4 rings (SSSR count). The zero-order chi connectivity index (χ0) is 24.2. The monoisotopic (exact) mass is 479 g/mol.